The Morgan fingerprint density at radius 2 is 1.89 bits per heavy atom. The van der Waals surface area contributed by atoms with E-state index in [1.807, 2.05) is 13.8 Å². The van der Waals surface area contributed by atoms with E-state index >= 15 is 0 Å². The van der Waals surface area contributed by atoms with Crippen LogP contribution in [-0.4, -0.2) is 22.0 Å². The third-order valence-corrected chi connectivity index (χ3v) is 2.60. The highest BCUT2D eigenvalue weighted by Gasteiger charge is 2.08. The molecule has 98 valence electrons. The first-order valence-electron chi connectivity index (χ1n) is 6.12. The maximum Gasteiger partial charge on any atom is 0.251 e. The van der Waals surface area contributed by atoms with Gasteiger partial charge in [0.25, 0.3) is 5.91 Å². The fraction of sp³-hybridized carbons (Fsp3) is 0.200. The van der Waals surface area contributed by atoms with Crippen molar-refractivity contribution >= 4 is 5.91 Å². The standard InChI is InChI=1S/C15H16N2O2/c1-10(2)17-15(19)12-7-8-16-14(9-12)11-3-5-13(18)6-4-11/h3-10,18H,1-2H3,(H,17,19). The molecule has 0 aliphatic rings. The topological polar surface area (TPSA) is 62.2 Å². The Bertz CT molecular complexity index is 577. The van der Waals surface area contributed by atoms with Crippen molar-refractivity contribution in [1.29, 1.82) is 0 Å². The molecule has 0 bridgehead atoms. The molecule has 0 unspecified atom stereocenters. The second-order valence-corrected chi connectivity index (χ2v) is 4.60. The third-order valence-electron chi connectivity index (χ3n) is 2.60. The van der Waals surface area contributed by atoms with E-state index in [2.05, 4.69) is 10.3 Å². The van der Waals surface area contributed by atoms with Gasteiger partial charge in [-0.05, 0) is 50.2 Å². The lowest BCUT2D eigenvalue weighted by molar-refractivity contribution is 0.0943. The zero-order chi connectivity index (χ0) is 13.8. The van der Waals surface area contributed by atoms with E-state index in [4.69, 9.17) is 0 Å². The number of aromatic hydroxyl groups is 1. The number of carbonyl (C=O) groups excluding carboxylic acids is 1. The smallest absolute Gasteiger partial charge is 0.251 e. The minimum atomic E-state index is -0.113. The Morgan fingerprint density at radius 3 is 2.53 bits per heavy atom. The predicted octanol–water partition coefficient (Wildman–Crippen LogP) is 2.59. The van der Waals surface area contributed by atoms with E-state index in [-0.39, 0.29) is 17.7 Å². The quantitative estimate of drug-likeness (QED) is 0.887. The van der Waals surface area contributed by atoms with Crippen molar-refractivity contribution < 1.29 is 9.90 Å². The van der Waals surface area contributed by atoms with Gasteiger partial charge in [-0.2, -0.15) is 0 Å². The van der Waals surface area contributed by atoms with E-state index in [9.17, 15) is 9.90 Å². The molecule has 0 aliphatic heterocycles. The van der Waals surface area contributed by atoms with Crippen LogP contribution < -0.4 is 5.32 Å². The molecule has 1 aromatic carbocycles. The highest BCUT2D eigenvalue weighted by atomic mass is 16.3. The van der Waals surface area contributed by atoms with Crippen molar-refractivity contribution in [3.63, 3.8) is 0 Å². The van der Waals surface area contributed by atoms with Crippen molar-refractivity contribution in [2.75, 3.05) is 0 Å². The van der Waals surface area contributed by atoms with Gasteiger partial charge in [-0.25, -0.2) is 0 Å². The normalized spacial score (nSPS) is 10.5. The summed E-state index contributed by atoms with van der Waals surface area (Å²) >= 11 is 0. The van der Waals surface area contributed by atoms with Crippen LogP contribution >= 0.6 is 0 Å². The van der Waals surface area contributed by atoms with Gasteiger partial charge in [-0.15, -0.1) is 0 Å². The number of phenols is 1. The maximum absolute atomic E-state index is 11.9. The molecule has 1 aromatic heterocycles. The van der Waals surface area contributed by atoms with Gasteiger partial charge in [0.05, 0.1) is 5.69 Å². The van der Waals surface area contributed by atoms with E-state index in [0.29, 0.717) is 11.3 Å². The number of benzene rings is 1. The second kappa shape index (κ2) is 5.52. The number of carbonyl (C=O) groups is 1. The second-order valence-electron chi connectivity index (χ2n) is 4.60. The van der Waals surface area contributed by atoms with Crippen LogP contribution in [0.5, 0.6) is 5.75 Å². The molecule has 1 heterocycles. The van der Waals surface area contributed by atoms with E-state index in [1.165, 1.54) is 0 Å². The lowest BCUT2D eigenvalue weighted by Gasteiger charge is -2.09. The van der Waals surface area contributed by atoms with Gasteiger partial charge in [0, 0.05) is 23.4 Å². The zero-order valence-electron chi connectivity index (χ0n) is 10.9. The molecule has 19 heavy (non-hydrogen) atoms. The van der Waals surface area contributed by atoms with Crippen LogP contribution in [0.4, 0.5) is 0 Å². The van der Waals surface area contributed by atoms with Crippen molar-refractivity contribution in [1.82, 2.24) is 10.3 Å². The number of nitrogens with one attached hydrogen (secondary N) is 1. The zero-order valence-corrected chi connectivity index (χ0v) is 10.9. The van der Waals surface area contributed by atoms with Gasteiger partial charge in [0.1, 0.15) is 5.75 Å². The molecule has 0 atom stereocenters. The minimum Gasteiger partial charge on any atom is -0.508 e. The molecule has 0 radical (unpaired) electrons. The molecule has 2 aromatic rings. The summed E-state index contributed by atoms with van der Waals surface area (Å²) in [6.45, 7) is 3.83. The van der Waals surface area contributed by atoms with Crippen LogP contribution in [0.15, 0.2) is 42.6 Å². The summed E-state index contributed by atoms with van der Waals surface area (Å²) < 4.78 is 0. The molecule has 4 nitrogen and oxygen atoms in total. The van der Waals surface area contributed by atoms with Gasteiger partial charge >= 0.3 is 0 Å². The minimum absolute atomic E-state index is 0.0952. The Morgan fingerprint density at radius 1 is 1.21 bits per heavy atom. The number of rotatable bonds is 3. The Kier molecular flexibility index (Phi) is 3.80. The number of hydrogen-bond acceptors (Lipinski definition) is 3. The monoisotopic (exact) mass is 256 g/mol. The fourth-order valence-corrected chi connectivity index (χ4v) is 1.71. The molecular formula is C15H16N2O2. The van der Waals surface area contributed by atoms with Crippen molar-refractivity contribution in [2.45, 2.75) is 19.9 Å². The van der Waals surface area contributed by atoms with Crippen LogP contribution in [0, 0.1) is 0 Å². The van der Waals surface area contributed by atoms with Gasteiger partial charge in [-0.3, -0.25) is 9.78 Å². The summed E-state index contributed by atoms with van der Waals surface area (Å²) in [6, 6.07) is 10.2. The number of hydrogen-bond donors (Lipinski definition) is 2. The fourth-order valence-electron chi connectivity index (χ4n) is 1.71. The van der Waals surface area contributed by atoms with Crippen LogP contribution in [0.2, 0.25) is 0 Å². The maximum atomic E-state index is 11.9. The summed E-state index contributed by atoms with van der Waals surface area (Å²) in [5.41, 5.74) is 2.14. The third kappa shape index (κ3) is 3.31. The number of aromatic nitrogens is 1. The first kappa shape index (κ1) is 13.1. The summed E-state index contributed by atoms with van der Waals surface area (Å²) in [4.78, 5) is 16.2. The van der Waals surface area contributed by atoms with Crippen LogP contribution in [0.25, 0.3) is 11.3 Å². The van der Waals surface area contributed by atoms with Gasteiger partial charge in [0.2, 0.25) is 0 Å². The molecular weight excluding hydrogens is 240 g/mol. The first-order chi connectivity index (χ1) is 9.06. The van der Waals surface area contributed by atoms with E-state index in [0.717, 1.165) is 5.56 Å². The first-order valence-corrected chi connectivity index (χ1v) is 6.12. The molecule has 0 saturated carbocycles. The average molecular weight is 256 g/mol. The Hall–Kier alpha value is -2.36. The van der Waals surface area contributed by atoms with Gasteiger partial charge in [-0.1, -0.05) is 0 Å². The van der Waals surface area contributed by atoms with Gasteiger partial charge < -0.3 is 10.4 Å². The number of amides is 1. The van der Waals surface area contributed by atoms with E-state index < -0.39 is 0 Å². The van der Waals surface area contributed by atoms with Gasteiger partial charge in [0.15, 0.2) is 0 Å². The van der Waals surface area contributed by atoms with Crippen LogP contribution in [0.3, 0.4) is 0 Å². The number of phenolic OH excluding ortho intramolecular Hbond substituents is 1. The van der Waals surface area contributed by atoms with Crippen LogP contribution in [-0.2, 0) is 0 Å². The molecule has 0 saturated heterocycles. The lowest BCUT2D eigenvalue weighted by atomic mass is 10.1. The summed E-state index contributed by atoms with van der Waals surface area (Å²) in [5, 5.41) is 12.1. The Labute approximate surface area is 112 Å². The summed E-state index contributed by atoms with van der Waals surface area (Å²) in [7, 11) is 0. The van der Waals surface area contributed by atoms with E-state index in [1.54, 1.807) is 42.6 Å². The summed E-state index contributed by atoms with van der Waals surface area (Å²) in [5.74, 6) is 0.0925. The molecule has 1 amide bonds. The molecule has 2 rings (SSSR count). The predicted molar refractivity (Wildman–Crippen MR) is 73.9 cm³/mol. The van der Waals surface area contributed by atoms with Crippen molar-refractivity contribution in [2.24, 2.45) is 0 Å². The van der Waals surface area contributed by atoms with Crippen molar-refractivity contribution in [3.8, 4) is 17.0 Å². The van der Waals surface area contributed by atoms with Crippen molar-refractivity contribution in [3.05, 3.63) is 48.2 Å². The highest BCUT2D eigenvalue weighted by molar-refractivity contribution is 5.95. The SMILES string of the molecule is CC(C)NC(=O)c1ccnc(-c2ccc(O)cc2)c1. The molecule has 4 heteroatoms. The molecule has 0 aliphatic carbocycles. The highest BCUT2D eigenvalue weighted by Crippen LogP contribution is 2.20. The van der Waals surface area contributed by atoms with Crippen LogP contribution in [0.1, 0.15) is 24.2 Å². The summed E-state index contributed by atoms with van der Waals surface area (Å²) in [6.07, 6.45) is 1.61. The Balaban J connectivity index is 2.29. The molecule has 0 spiro atoms. The molecule has 2 N–H and O–H groups in total. The lowest BCUT2D eigenvalue weighted by Crippen LogP contribution is -2.30. The molecule has 0 fully saturated rings. The average Bonchev–Trinajstić information content (AvgIpc) is 2.39. The number of pyridine rings is 1. The largest absolute Gasteiger partial charge is 0.508 e. The number of nitrogens with zero attached hydrogens (tertiary/aromatic N) is 1.